The Hall–Kier alpha value is -2.78. The fourth-order valence-electron chi connectivity index (χ4n) is 2.89. The SMILES string of the molecule is CCN(c1ccc(C)cc1C)S(=O)(=O)c1nnc(NC(=O)c2ccc(C)cc2)s1. The van der Waals surface area contributed by atoms with Gasteiger partial charge in [0.05, 0.1) is 5.69 Å². The highest BCUT2D eigenvalue weighted by Crippen LogP contribution is 2.30. The van der Waals surface area contributed by atoms with E-state index in [1.165, 1.54) is 4.31 Å². The number of aryl methyl sites for hydroxylation is 3. The number of anilines is 2. The minimum absolute atomic E-state index is 0.130. The molecule has 1 amide bonds. The van der Waals surface area contributed by atoms with Crippen LogP contribution in [0.5, 0.6) is 0 Å². The average molecular weight is 431 g/mol. The summed E-state index contributed by atoms with van der Waals surface area (Å²) in [6.45, 7) is 7.76. The van der Waals surface area contributed by atoms with Crippen LogP contribution in [0.1, 0.15) is 34.0 Å². The van der Waals surface area contributed by atoms with Gasteiger partial charge in [-0.25, -0.2) is 0 Å². The molecule has 3 aromatic rings. The zero-order chi connectivity index (χ0) is 21.2. The zero-order valence-electron chi connectivity index (χ0n) is 16.6. The maximum absolute atomic E-state index is 13.1. The van der Waals surface area contributed by atoms with Crippen LogP contribution in [0, 0.1) is 20.8 Å². The Balaban J connectivity index is 1.85. The molecule has 0 atom stereocenters. The summed E-state index contributed by atoms with van der Waals surface area (Å²) in [5, 5.41) is 10.4. The molecule has 0 aliphatic heterocycles. The molecule has 1 aromatic heterocycles. The number of hydrogen-bond donors (Lipinski definition) is 1. The first kappa shape index (κ1) is 20.9. The lowest BCUT2D eigenvalue weighted by Gasteiger charge is -2.23. The molecular weight excluding hydrogens is 408 g/mol. The Kier molecular flexibility index (Phi) is 5.99. The first-order chi connectivity index (χ1) is 13.7. The quantitative estimate of drug-likeness (QED) is 0.598. The minimum Gasteiger partial charge on any atom is -0.296 e. The van der Waals surface area contributed by atoms with Gasteiger partial charge in [-0.2, -0.15) is 8.42 Å². The molecule has 0 aliphatic carbocycles. The third-order valence-electron chi connectivity index (χ3n) is 4.36. The lowest BCUT2D eigenvalue weighted by molar-refractivity contribution is 0.102. The number of sulfonamides is 1. The average Bonchev–Trinajstić information content (AvgIpc) is 3.14. The van der Waals surface area contributed by atoms with Crippen molar-refractivity contribution >= 4 is 38.1 Å². The monoisotopic (exact) mass is 430 g/mol. The third-order valence-corrected chi connectivity index (χ3v) is 7.43. The van der Waals surface area contributed by atoms with Crippen LogP contribution in [0.3, 0.4) is 0 Å². The predicted molar refractivity (Wildman–Crippen MR) is 115 cm³/mol. The van der Waals surface area contributed by atoms with Gasteiger partial charge in [0.1, 0.15) is 0 Å². The molecule has 152 valence electrons. The molecule has 0 saturated carbocycles. The van der Waals surface area contributed by atoms with Gasteiger partial charge in [-0.15, -0.1) is 10.2 Å². The van der Waals surface area contributed by atoms with Crippen LogP contribution in [0.15, 0.2) is 46.8 Å². The van der Waals surface area contributed by atoms with E-state index < -0.39 is 10.0 Å². The van der Waals surface area contributed by atoms with Gasteiger partial charge < -0.3 is 0 Å². The molecular formula is C20H22N4O3S2. The number of aromatic nitrogens is 2. The van der Waals surface area contributed by atoms with E-state index in [1.807, 2.05) is 45.0 Å². The topological polar surface area (TPSA) is 92.3 Å². The number of benzene rings is 2. The molecule has 9 heteroatoms. The minimum atomic E-state index is -3.90. The van der Waals surface area contributed by atoms with Crippen molar-refractivity contribution < 1.29 is 13.2 Å². The summed E-state index contributed by atoms with van der Waals surface area (Å²) < 4.78 is 27.4. The van der Waals surface area contributed by atoms with Crippen LogP contribution in [0.25, 0.3) is 0 Å². The van der Waals surface area contributed by atoms with E-state index in [0.29, 0.717) is 11.3 Å². The van der Waals surface area contributed by atoms with Crippen molar-refractivity contribution in [3.63, 3.8) is 0 Å². The number of hydrogen-bond acceptors (Lipinski definition) is 6. The first-order valence-electron chi connectivity index (χ1n) is 9.04. The van der Waals surface area contributed by atoms with Crippen molar-refractivity contribution in [2.24, 2.45) is 0 Å². The van der Waals surface area contributed by atoms with Gasteiger partial charge in [-0.3, -0.25) is 14.4 Å². The van der Waals surface area contributed by atoms with E-state index in [4.69, 9.17) is 0 Å². The molecule has 1 heterocycles. The van der Waals surface area contributed by atoms with Gasteiger partial charge in [-0.05, 0) is 51.5 Å². The van der Waals surface area contributed by atoms with Crippen LogP contribution in [-0.2, 0) is 10.0 Å². The standard InChI is InChI=1S/C20H22N4O3S2/c1-5-24(17-11-8-14(3)12-15(17)4)29(26,27)20-23-22-19(28-20)21-18(25)16-9-6-13(2)7-10-16/h6-12H,5H2,1-4H3,(H,21,22,25). The number of rotatable bonds is 6. The van der Waals surface area contributed by atoms with Crippen molar-refractivity contribution in [3.05, 3.63) is 64.7 Å². The molecule has 0 unspecified atom stereocenters. The van der Waals surface area contributed by atoms with Gasteiger partial charge in [0, 0.05) is 12.1 Å². The van der Waals surface area contributed by atoms with Crippen LogP contribution in [-0.4, -0.2) is 31.1 Å². The van der Waals surface area contributed by atoms with Gasteiger partial charge in [0.25, 0.3) is 20.3 Å². The van der Waals surface area contributed by atoms with Crippen molar-refractivity contribution in [3.8, 4) is 0 Å². The van der Waals surface area contributed by atoms with E-state index in [2.05, 4.69) is 15.5 Å². The molecule has 0 fully saturated rings. The van der Waals surface area contributed by atoms with Gasteiger partial charge in [0.2, 0.25) is 5.13 Å². The molecule has 7 nitrogen and oxygen atoms in total. The summed E-state index contributed by atoms with van der Waals surface area (Å²) in [6.07, 6.45) is 0. The van der Waals surface area contributed by atoms with E-state index in [1.54, 1.807) is 25.1 Å². The Morgan fingerprint density at radius 1 is 1.03 bits per heavy atom. The lowest BCUT2D eigenvalue weighted by atomic mass is 10.1. The summed E-state index contributed by atoms with van der Waals surface area (Å²) in [6, 6.07) is 12.6. The Labute approximate surface area is 174 Å². The van der Waals surface area contributed by atoms with Crippen LogP contribution >= 0.6 is 11.3 Å². The molecule has 2 aromatic carbocycles. The van der Waals surface area contributed by atoms with Gasteiger partial charge in [-0.1, -0.05) is 46.7 Å². The number of carbonyl (C=O) groups excluding carboxylic acids is 1. The van der Waals surface area contributed by atoms with Crippen molar-refractivity contribution in [1.29, 1.82) is 0 Å². The molecule has 1 N–H and O–H groups in total. The Morgan fingerprint density at radius 3 is 2.31 bits per heavy atom. The maximum atomic E-state index is 13.1. The fourth-order valence-corrected chi connectivity index (χ4v) is 5.42. The molecule has 0 bridgehead atoms. The highest BCUT2D eigenvalue weighted by molar-refractivity contribution is 7.94. The summed E-state index contributed by atoms with van der Waals surface area (Å²) in [5.41, 5.74) is 4.00. The Morgan fingerprint density at radius 2 is 1.69 bits per heavy atom. The normalized spacial score (nSPS) is 11.3. The molecule has 3 rings (SSSR count). The molecule has 0 radical (unpaired) electrons. The predicted octanol–water partition coefficient (Wildman–Crippen LogP) is 3.93. The second kappa shape index (κ2) is 8.30. The lowest BCUT2D eigenvalue weighted by Crippen LogP contribution is -2.31. The number of nitrogens with zero attached hydrogens (tertiary/aromatic N) is 3. The van der Waals surface area contributed by atoms with Crippen molar-refractivity contribution in [2.45, 2.75) is 32.0 Å². The number of nitrogens with one attached hydrogen (secondary N) is 1. The van der Waals surface area contributed by atoms with Gasteiger partial charge in [0.15, 0.2) is 0 Å². The first-order valence-corrected chi connectivity index (χ1v) is 11.3. The van der Waals surface area contributed by atoms with Crippen LogP contribution < -0.4 is 9.62 Å². The van der Waals surface area contributed by atoms with Crippen LogP contribution in [0.2, 0.25) is 0 Å². The van der Waals surface area contributed by atoms with Crippen molar-refractivity contribution in [2.75, 3.05) is 16.2 Å². The summed E-state index contributed by atoms with van der Waals surface area (Å²) in [7, 11) is -3.90. The number of carbonyl (C=O) groups is 1. The van der Waals surface area contributed by atoms with E-state index in [-0.39, 0.29) is 21.9 Å². The second-order valence-corrected chi connectivity index (χ2v) is 9.67. The molecule has 0 saturated heterocycles. The second-order valence-electron chi connectivity index (χ2n) is 6.65. The van der Waals surface area contributed by atoms with E-state index in [9.17, 15) is 13.2 Å². The summed E-state index contributed by atoms with van der Waals surface area (Å²) in [4.78, 5) is 12.3. The third kappa shape index (κ3) is 4.46. The molecule has 0 aliphatic rings. The van der Waals surface area contributed by atoms with Crippen LogP contribution in [0.4, 0.5) is 10.8 Å². The Bertz CT molecular complexity index is 1140. The summed E-state index contributed by atoms with van der Waals surface area (Å²) >= 11 is 0.830. The zero-order valence-corrected chi connectivity index (χ0v) is 18.3. The van der Waals surface area contributed by atoms with Gasteiger partial charge >= 0.3 is 0 Å². The fraction of sp³-hybridized carbons (Fsp3) is 0.250. The van der Waals surface area contributed by atoms with E-state index >= 15 is 0 Å². The maximum Gasteiger partial charge on any atom is 0.293 e. The van der Waals surface area contributed by atoms with E-state index in [0.717, 1.165) is 28.0 Å². The van der Waals surface area contributed by atoms with Crippen molar-refractivity contribution in [1.82, 2.24) is 10.2 Å². The largest absolute Gasteiger partial charge is 0.296 e. The smallest absolute Gasteiger partial charge is 0.293 e. The summed E-state index contributed by atoms with van der Waals surface area (Å²) in [5.74, 6) is -0.369. The highest BCUT2D eigenvalue weighted by Gasteiger charge is 2.29. The number of amides is 1. The highest BCUT2D eigenvalue weighted by atomic mass is 32.2. The molecule has 29 heavy (non-hydrogen) atoms. The molecule has 0 spiro atoms.